The highest BCUT2D eigenvalue weighted by Gasteiger charge is 2.16. The molecule has 1 heterocycles. The van der Waals surface area contributed by atoms with Gasteiger partial charge in [-0.15, -0.1) is 0 Å². The average Bonchev–Trinajstić information content (AvgIpc) is 2.53. The Kier molecular flexibility index (Phi) is 7.82. The lowest BCUT2D eigenvalue weighted by molar-refractivity contribution is 0.0735. The molecule has 0 aromatic rings. The third-order valence-corrected chi connectivity index (χ3v) is 3.51. The lowest BCUT2D eigenvalue weighted by Crippen LogP contribution is -2.36. The Bertz CT molecular complexity index is 187. The molecule has 1 N–H and O–H groups in total. The van der Waals surface area contributed by atoms with Crippen molar-refractivity contribution >= 4 is 0 Å². The number of nitrogens with zero attached hydrogens (tertiary/aromatic N) is 1. The van der Waals surface area contributed by atoms with Crippen molar-refractivity contribution in [3.05, 3.63) is 0 Å². The van der Waals surface area contributed by atoms with Crippen LogP contribution in [0.4, 0.5) is 0 Å². The minimum Gasteiger partial charge on any atom is -0.377 e. The van der Waals surface area contributed by atoms with Crippen molar-refractivity contribution in [2.24, 2.45) is 0 Å². The van der Waals surface area contributed by atoms with Crippen LogP contribution in [0.25, 0.3) is 0 Å². The molecule has 1 aliphatic heterocycles. The van der Waals surface area contributed by atoms with E-state index >= 15 is 0 Å². The normalized spacial score (nSPS) is 24.5. The molecule has 0 aromatic carbocycles. The summed E-state index contributed by atoms with van der Waals surface area (Å²) in [5, 5.41) is 3.66. The highest BCUT2D eigenvalue weighted by molar-refractivity contribution is 4.75. The molecule has 2 atom stereocenters. The molecule has 17 heavy (non-hydrogen) atoms. The number of rotatable bonds is 7. The van der Waals surface area contributed by atoms with Crippen LogP contribution in [0.2, 0.25) is 0 Å². The van der Waals surface area contributed by atoms with Crippen LogP contribution in [0, 0.1) is 0 Å². The summed E-state index contributed by atoms with van der Waals surface area (Å²) >= 11 is 0. The van der Waals surface area contributed by atoms with E-state index in [2.05, 4.69) is 31.0 Å². The molecule has 0 amide bonds. The second-order valence-electron chi connectivity index (χ2n) is 5.14. The van der Waals surface area contributed by atoms with Crippen molar-refractivity contribution in [3.63, 3.8) is 0 Å². The van der Waals surface area contributed by atoms with Crippen molar-refractivity contribution in [1.29, 1.82) is 0 Å². The van der Waals surface area contributed by atoms with Gasteiger partial charge >= 0.3 is 0 Å². The standard InChI is InChI=1S/C14H30N2O/c1-4-9-16-10-6-7-14(8-11-16)15-12-13(3)17-5-2/h13-15H,4-12H2,1-3H3. The Morgan fingerprint density at radius 2 is 2.12 bits per heavy atom. The molecule has 3 heteroatoms. The van der Waals surface area contributed by atoms with E-state index in [0.29, 0.717) is 12.1 Å². The number of hydrogen-bond acceptors (Lipinski definition) is 3. The molecule has 1 saturated heterocycles. The van der Waals surface area contributed by atoms with Crippen LogP contribution in [0.3, 0.4) is 0 Å². The zero-order valence-electron chi connectivity index (χ0n) is 11.9. The van der Waals surface area contributed by atoms with Crippen LogP contribution in [0.1, 0.15) is 46.5 Å². The predicted octanol–water partition coefficient (Wildman–Crippen LogP) is 2.27. The fourth-order valence-corrected chi connectivity index (χ4v) is 2.58. The zero-order chi connectivity index (χ0) is 12.5. The fraction of sp³-hybridized carbons (Fsp3) is 1.00. The Labute approximate surface area is 107 Å². The van der Waals surface area contributed by atoms with Gasteiger partial charge in [-0.3, -0.25) is 0 Å². The maximum atomic E-state index is 5.55. The first-order chi connectivity index (χ1) is 8.26. The zero-order valence-corrected chi connectivity index (χ0v) is 11.9. The Morgan fingerprint density at radius 3 is 2.82 bits per heavy atom. The van der Waals surface area contributed by atoms with Crippen molar-refractivity contribution in [2.45, 2.75) is 58.6 Å². The smallest absolute Gasteiger partial charge is 0.0671 e. The molecule has 0 aromatic heterocycles. The molecule has 0 radical (unpaired) electrons. The summed E-state index contributed by atoms with van der Waals surface area (Å²) in [6.07, 6.45) is 5.56. The van der Waals surface area contributed by atoms with Crippen molar-refractivity contribution < 1.29 is 4.74 Å². The highest BCUT2D eigenvalue weighted by Crippen LogP contribution is 2.11. The Hall–Kier alpha value is -0.120. The molecule has 0 spiro atoms. The lowest BCUT2D eigenvalue weighted by Gasteiger charge is -2.21. The van der Waals surface area contributed by atoms with Crippen LogP contribution in [-0.4, -0.2) is 49.8 Å². The Balaban J connectivity index is 2.17. The molecule has 0 aliphatic carbocycles. The van der Waals surface area contributed by atoms with Gasteiger partial charge in [0.15, 0.2) is 0 Å². The third kappa shape index (κ3) is 6.39. The molecule has 1 aliphatic rings. The van der Waals surface area contributed by atoms with Crippen LogP contribution in [-0.2, 0) is 4.74 Å². The summed E-state index contributed by atoms with van der Waals surface area (Å²) in [5.41, 5.74) is 0. The van der Waals surface area contributed by atoms with Gasteiger partial charge in [0.2, 0.25) is 0 Å². The summed E-state index contributed by atoms with van der Waals surface area (Å²) < 4.78 is 5.55. The molecular weight excluding hydrogens is 212 g/mol. The van der Waals surface area contributed by atoms with Gasteiger partial charge in [-0.1, -0.05) is 6.92 Å². The van der Waals surface area contributed by atoms with Gasteiger partial charge in [-0.25, -0.2) is 0 Å². The van der Waals surface area contributed by atoms with Crippen LogP contribution >= 0.6 is 0 Å². The van der Waals surface area contributed by atoms with E-state index in [4.69, 9.17) is 4.74 Å². The first kappa shape index (κ1) is 14.9. The van der Waals surface area contributed by atoms with Gasteiger partial charge in [-0.05, 0) is 59.2 Å². The monoisotopic (exact) mass is 242 g/mol. The molecule has 1 rings (SSSR count). The molecule has 3 nitrogen and oxygen atoms in total. The van der Waals surface area contributed by atoms with E-state index in [0.717, 1.165) is 13.2 Å². The number of nitrogens with one attached hydrogen (secondary N) is 1. The number of likely N-dealkylation sites (tertiary alicyclic amines) is 1. The van der Waals surface area contributed by atoms with Crippen molar-refractivity contribution in [2.75, 3.05) is 32.8 Å². The molecule has 102 valence electrons. The summed E-state index contributed by atoms with van der Waals surface area (Å²) in [7, 11) is 0. The molecule has 0 saturated carbocycles. The number of hydrogen-bond donors (Lipinski definition) is 1. The molecule has 2 unspecified atom stereocenters. The maximum Gasteiger partial charge on any atom is 0.0671 e. The summed E-state index contributed by atoms with van der Waals surface area (Å²) in [6, 6.07) is 0.694. The second kappa shape index (κ2) is 8.90. The SMILES string of the molecule is CCCN1CCCC(NCC(C)OCC)CC1. The highest BCUT2D eigenvalue weighted by atomic mass is 16.5. The van der Waals surface area contributed by atoms with Crippen molar-refractivity contribution in [3.8, 4) is 0 Å². The van der Waals surface area contributed by atoms with Gasteiger partial charge in [-0.2, -0.15) is 0 Å². The van der Waals surface area contributed by atoms with Crippen LogP contribution in [0.15, 0.2) is 0 Å². The van der Waals surface area contributed by atoms with Crippen molar-refractivity contribution in [1.82, 2.24) is 10.2 Å². The molecule has 1 fully saturated rings. The summed E-state index contributed by atoms with van der Waals surface area (Å²) in [5.74, 6) is 0. The molecular formula is C14H30N2O. The summed E-state index contributed by atoms with van der Waals surface area (Å²) in [6.45, 7) is 12.1. The predicted molar refractivity (Wildman–Crippen MR) is 73.5 cm³/mol. The van der Waals surface area contributed by atoms with Gasteiger partial charge in [0, 0.05) is 19.2 Å². The van der Waals surface area contributed by atoms with E-state index in [1.165, 1.54) is 45.3 Å². The molecule has 0 bridgehead atoms. The largest absolute Gasteiger partial charge is 0.377 e. The van der Waals surface area contributed by atoms with E-state index in [1.54, 1.807) is 0 Å². The van der Waals surface area contributed by atoms with Gasteiger partial charge in [0.25, 0.3) is 0 Å². The topological polar surface area (TPSA) is 24.5 Å². The lowest BCUT2D eigenvalue weighted by atomic mass is 10.1. The van der Waals surface area contributed by atoms with Crippen LogP contribution in [0.5, 0.6) is 0 Å². The maximum absolute atomic E-state index is 5.55. The summed E-state index contributed by atoms with van der Waals surface area (Å²) in [4.78, 5) is 2.60. The fourth-order valence-electron chi connectivity index (χ4n) is 2.58. The van der Waals surface area contributed by atoms with E-state index < -0.39 is 0 Å². The van der Waals surface area contributed by atoms with E-state index in [1.807, 2.05) is 0 Å². The van der Waals surface area contributed by atoms with Gasteiger partial charge in [0.1, 0.15) is 0 Å². The van der Waals surface area contributed by atoms with Crippen LogP contribution < -0.4 is 5.32 Å². The second-order valence-corrected chi connectivity index (χ2v) is 5.14. The van der Waals surface area contributed by atoms with Gasteiger partial charge in [0.05, 0.1) is 6.10 Å². The third-order valence-electron chi connectivity index (χ3n) is 3.51. The van der Waals surface area contributed by atoms with Gasteiger partial charge < -0.3 is 15.0 Å². The first-order valence-electron chi connectivity index (χ1n) is 7.33. The minimum atomic E-state index is 0.343. The first-order valence-corrected chi connectivity index (χ1v) is 7.33. The number of ether oxygens (including phenoxy) is 1. The van der Waals surface area contributed by atoms with E-state index in [-0.39, 0.29) is 0 Å². The quantitative estimate of drug-likeness (QED) is 0.741. The minimum absolute atomic E-state index is 0.343. The average molecular weight is 242 g/mol. The van der Waals surface area contributed by atoms with E-state index in [9.17, 15) is 0 Å². The Morgan fingerprint density at radius 1 is 1.29 bits per heavy atom.